The maximum Gasteiger partial charge on any atom is 0.295 e. The average molecular weight is 280 g/mol. The Labute approximate surface area is 109 Å². The number of aromatic hydroxyl groups is 1. The molecule has 0 atom stereocenters. The smallest absolute Gasteiger partial charge is 0.295 e. The fourth-order valence-electron chi connectivity index (χ4n) is 1.68. The summed E-state index contributed by atoms with van der Waals surface area (Å²) in [7, 11) is -4.46. The summed E-state index contributed by atoms with van der Waals surface area (Å²) in [4.78, 5) is 10.4. The summed E-state index contributed by atoms with van der Waals surface area (Å²) in [5, 5.41) is 12.9. The van der Waals surface area contributed by atoms with E-state index in [4.69, 9.17) is 4.55 Å². The summed E-state index contributed by atoms with van der Waals surface area (Å²) in [5.74, 6) is -0.666. The second-order valence-electron chi connectivity index (χ2n) is 3.94. The highest BCUT2D eigenvalue weighted by Crippen LogP contribution is 2.29. The van der Waals surface area contributed by atoms with Crippen LogP contribution in [0.25, 0.3) is 10.8 Å². The van der Waals surface area contributed by atoms with E-state index in [0.717, 1.165) is 6.07 Å². The molecule has 6 nitrogen and oxygen atoms in total. The van der Waals surface area contributed by atoms with Gasteiger partial charge in [-0.1, -0.05) is 0 Å². The summed E-state index contributed by atoms with van der Waals surface area (Å²) >= 11 is 0. The van der Waals surface area contributed by atoms with Crippen LogP contribution in [0.15, 0.2) is 29.2 Å². The van der Waals surface area contributed by atoms with Gasteiger partial charge in [-0.2, -0.15) is 8.42 Å². The lowest BCUT2D eigenvalue weighted by molar-refractivity contribution is -0.114. The number of benzene rings is 2. The lowest BCUT2D eigenvalue weighted by Crippen LogP contribution is -2.05. The number of nitrogens with one attached hydrogen (secondary N) is 1. The number of phenols is 1. The molecule has 0 fully saturated rings. The first-order valence-corrected chi connectivity index (χ1v) is 6.65. The quantitative estimate of drug-likeness (QED) is 0.724. The van der Waals surface area contributed by atoms with Gasteiger partial charge in [-0.15, -0.1) is 0 Å². The Morgan fingerprint density at radius 3 is 2.58 bits per heavy atom. The first-order chi connectivity index (χ1) is 8.77. The molecule has 0 bridgehead atoms. The van der Waals surface area contributed by atoms with Crippen molar-refractivity contribution >= 4 is 32.5 Å². The van der Waals surface area contributed by atoms with Crippen LogP contribution in [0.1, 0.15) is 6.92 Å². The zero-order valence-corrected chi connectivity index (χ0v) is 10.7. The Bertz CT molecular complexity index is 767. The van der Waals surface area contributed by atoms with Gasteiger partial charge in [0.1, 0.15) is 10.6 Å². The highest BCUT2D eigenvalue weighted by Gasteiger charge is 2.14. The number of carbonyl (C=O) groups is 1. The third-order valence-electron chi connectivity index (χ3n) is 2.43. The molecule has 0 saturated heterocycles. The molecule has 2 rings (SSSR count). The molecular weight excluding hydrogens is 270 g/mol. The van der Waals surface area contributed by atoms with E-state index in [1.165, 1.54) is 19.1 Å². The molecule has 2 aromatic carbocycles. The summed E-state index contributed by atoms with van der Waals surface area (Å²) < 4.78 is 31.0. The number of hydrogen-bond donors (Lipinski definition) is 3. The molecular formula is C12H10NO5S. The van der Waals surface area contributed by atoms with Crippen molar-refractivity contribution in [2.24, 2.45) is 0 Å². The Morgan fingerprint density at radius 2 is 2.00 bits per heavy atom. The molecule has 1 amide bonds. The molecule has 0 aliphatic heterocycles. The van der Waals surface area contributed by atoms with Crippen molar-refractivity contribution in [3.63, 3.8) is 0 Å². The lowest BCUT2D eigenvalue weighted by atomic mass is 10.1. The van der Waals surface area contributed by atoms with Crippen molar-refractivity contribution in [1.82, 2.24) is 0 Å². The van der Waals surface area contributed by atoms with Crippen LogP contribution in [0.4, 0.5) is 5.69 Å². The molecule has 3 N–H and O–H groups in total. The fraction of sp³-hybridized carbons (Fsp3) is 0.0833. The number of anilines is 1. The SMILES string of the molecule is CC(=O)Nc1ccc2c(O)[c]c(S(=O)(=O)O)cc2c1. The van der Waals surface area contributed by atoms with Crippen LogP contribution in [0, 0.1) is 6.07 Å². The van der Waals surface area contributed by atoms with Crippen molar-refractivity contribution in [3.05, 3.63) is 30.3 Å². The summed E-state index contributed by atoms with van der Waals surface area (Å²) in [6.45, 7) is 1.34. The Hall–Kier alpha value is -2.12. The van der Waals surface area contributed by atoms with Gasteiger partial charge >= 0.3 is 0 Å². The standard InChI is InChI=1S/C12H10NO5S/c1-7(14)13-9-2-3-11-8(4-9)5-10(6-12(11)15)19(16,17)18/h2-5,15H,1H3,(H,13,14)(H,16,17,18). The first kappa shape index (κ1) is 13.3. The monoisotopic (exact) mass is 280 g/mol. The maximum absolute atomic E-state index is 11.0. The van der Waals surface area contributed by atoms with E-state index >= 15 is 0 Å². The zero-order valence-electron chi connectivity index (χ0n) is 9.84. The van der Waals surface area contributed by atoms with Crippen LogP contribution in [0.5, 0.6) is 5.75 Å². The van der Waals surface area contributed by atoms with Crippen molar-refractivity contribution in [3.8, 4) is 5.75 Å². The van der Waals surface area contributed by atoms with Gasteiger partial charge in [0.05, 0.1) is 6.07 Å². The highest BCUT2D eigenvalue weighted by molar-refractivity contribution is 7.85. The van der Waals surface area contributed by atoms with E-state index in [9.17, 15) is 18.3 Å². The Balaban J connectivity index is 2.66. The van der Waals surface area contributed by atoms with Crippen molar-refractivity contribution in [1.29, 1.82) is 0 Å². The van der Waals surface area contributed by atoms with Gasteiger partial charge in [-0.3, -0.25) is 9.35 Å². The molecule has 0 saturated carbocycles. The Morgan fingerprint density at radius 1 is 1.32 bits per heavy atom. The average Bonchev–Trinajstić information content (AvgIpc) is 2.26. The van der Waals surface area contributed by atoms with Gasteiger partial charge < -0.3 is 10.4 Å². The van der Waals surface area contributed by atoms with Gasteiger partial charge in [-0.05, 0) is 29.7 Å². The molecule has 0 heterocycles. The van der Waals surface area contributed by atoms with E-state index < -0.39 is 15.0 Å². The topological polar surface area (TPSA) is 104 Å². The summed E-state index contributed by atoms with van der Waals surface area (Å²) in [6, 6.07) is 7.90. The number of hydrogen-bond acceptors (Lipinski definition) is 4. The minimum atomic E-state index is -4.46. The highest BCUT2D eigenvalue weighted by atomic mass is 32.2. The van der Waals surface area contributed by atoms with E-state index in [1.807, 2.05) is 0 Å². The third-order valence-corrected chi connectivity index (χ3v) is 3.21. The van der Waals surface area contributed by atoms with Gasteiger partial charge in [-0.25, -0.2) is 0 Å². The molecule has 0 aliphatic carbocycles. The van der Waals surface area contributed by atoms with Crippen molar-refractivity contribution < 1.29 is 22.9 Å². The third kappa shape index (κ3) is 2.83. The van der Waals surface area contributed by atoms with Crippen LogP contribution < -0.4 is 5.32 Å². The molecule has 0 spiro atoms. The van der Waals surface area contributed by atoms with Gasteiger partial charge in [0, 0.05) is 18.0 Å². The maximum atomic E-state index is 11.0. The fourth-order valence-corrected chi connectivity index (χ4v) is 2.18. The predicted octanol–water partition coefficient (Wildman–Crippen LogP) is 1.55. The van der Waals surface area contributed by atoms with E-state index in [-0.39, 0.29) is 11.7 Å². The first-order valence-electron chi connectivity index (χ1n) is 5.21. The van der Waals surface area contributed by atoms with E-state index in [2.05, 4.69) is 11.4 Å². The molecule has 1 radical (unpaired) electrons. The largest absolute Gasteiger partial charge is 0.507 e. The number of fused-ring (bicyclic) bond motifs is 1. The van der Waals surface area contributed by atoms with Crippen molar-refractivity contribution in [2.45, 2.75) is 11.8 Å². The second kappa shape index (κ2) is 4.52. The number of amides is 1. The van der Waals surface area contributed by atoms with Gasteiger partial charge in [0.15, 0.2) is 0 Å². The van der Waals surface area contributed by atoms with Gasteiger partial charge in [0.25, 0.3) is 10.1 Å². The minimum Gasteiger partial charge on any atom is -0.507 e. The molecule has 0 unspecified atom stereocenters. The van der Waals surface area contributed by atoms with Crippen molar-refractivity contribution in [2.75, 3.05) is 5.32 Å². The molecule has 0 aliphatic rings. The van der Waals surface area contributed by atoms with Crippen LogP contribution in [0.2, 0.25) is 0 Å². The van der Waals surface area contributed by atoms with Crippen LogP contribution in [-0.2, 0) is 14.9 Å². The van der Waals surface area contributed by atoms with E-state index in [1.54, 1.807) is 6.07 Å². The molecule has 99 valence electrons. The molecule has 2 aromatic rings. The molecule has 19 heavy (non-hydrogen) atoms. The number of carbonyl (C=O) groups excluding carboxylic acids is 1. The summed E-state index contributed by atoms with van der Waals surface area (Å²) in [6.07, 6.45) is 0. The molecule has 0 aromatic heterocycles. The lowest BCUT2D eigenvalue weighted by Gasteiger charge is -2.07. The van der Waals surface area contributed by atoms with E-state index in [0.29, 0.717) is 16.5 Å². The summed E-state index contributed by atoms with van der Waals surface area (Å²) in [5.41, 5.74) is 0.451. The number of rotatable bonds is 2. The number of phenolic OH excluding ortho intramolecular Hbond substituents is 1. The predicted molar refractivity (Wildman–Crippen MR) is 68.6 cm³/mol. The molecule has 7 heteroatoms. The van der Waals surface area contributed by atoms with Crippen LogP contribution in [-0.4, -0.2) is 24.0 Å². The zero-order chi connectivity index (χ0) is 14.2. The normalized spacial score (nSPS) is 11.5. The van der Waals surface area contributed by atoms with Gasteiger partial charge in [0.2, 0.25) is 5.91 Å². The van der Waals surface area contributed by atoms with Crippen LogP contribution >= 0.6 is 0 Å². The Kier molecular flexibility index (Phi) is 3.17. The minimum absolute atomic E-state index is 0.277. The second-order valence-corrected chi connectivity index (χ2v) is 5.33. The van der Waals surface area contributed by atoms with Crippen LogP contribution in [0.3, 0.4) is 0 Å².